The number of halogens is 1. The van der Waals surface area contributed by atoms with E-state index in [0.29, 0.717) is 17.7 Å². The quantitative estimate of drug-likeness (QED) is 0.404. The number of carbonyl (C=O) groups is 1. The van der Waals surface area contributed by atoms with Gasteiger partial charge >= 0.3 is 6.03 Å². The van der Waals surface area contributed by atoms with Gasteiger partial charge in [0.25, 0.3) is 0 Å². The molecule has 8 heteroatoms. The first-order valence-corrected chi connectivity index (χ1v) is 12.8. The van der Waals surface area contributed by atoms with E-state index in [0.717, 1.165) is 35.4 Å². The summed E-state index contributed by atoms with van der Waals surface area (Å²) in [6.45, 7) is 9.99. The minimum Gasteiger partial charge on any atom is -0.366 e. The van der Waals surface area contributed by atoms with Gasteiger partial charge in [-0.15, -0.1) is 11.3 Å². The molecule has 4 rings (SSSR count). The van der Waals surface area contributed by atoms with Gasteiger partial charge in [0.2, 0.25) is 0 Å². The third kappa shape index (κ3) is 5.75. The van der Waals surface area contributed by atoms with Crippen LogP contribution in [0, 0.1) is 0 Å². The lowest BCUT2D eigenvalue weighted by Crippen LogP contribution is -2.49. The number of amides is 2. The van der Waals surface area contributed by atoms with Crippen LogP contribution in [0.3, 0.4) is 0 Å². The van der Waals surface area contributed by atoms with Gasteiger partial charge in [-0.2, -0.15) is 0 Å². The lowest BCUT2D eigenvalue weighted by Gasteiger charge is -2.36. The molecule has 2 heterocycles. The molecule has 1 aliphatic heterocycles. The maximum absolute atomic E-state index is 12.4. The Morgan fingerprint density at radius 2 is 1.94 bits per heavy atom. The normalized spacial score (nSPS) is 16.5. The number of piperazine rings is 1. The summed E-state index contributed by atoms with van der Waals surface area (Å²) >= 11 is 4.92. The molecule has 1 fully saturated rings. The highest BCUT2D eigenvalue weighted by atomic mass is 79.9. The van der Waals surface area contributed by atoms with Crippen molar-refractivity contribution in [1.29, 1.82) is 0 Å². The number of hydrogen-bond acceptors (Lipinski definition) is 5. The first-order chi connectivity index (χ1) is 15.8. The predicted molar refractivity (Wildman–Crippen MR) is 140 cm³/mol. The van der Waals surface area contributed by atoms with Crippen LogP contribution in [0.5, 0.6) is 0 Å². The minimum absolute atomic E-state index is 0.253. The molecule has 0 spiro atoms. The maximum Gasteiger partial charge on any atom is 0.321 e. The van der Waals surface area contributed by atoms with Crippen LogP contribution in [0.1, 0.15) is 37.6 Å². The topological polar surface area (TPSA) is 69.3 Å². The molecule has 174 valence electrons. The number of hydrogen-bond donors (Lipinski definition) is 3. The zero-order chi connectivity index (χ0) is 23.4. The van der Waals surface area contributed by atoms with Gasteiger partial charge < -0.3 is 15.5 Å². The highest BCUT2D eigenvalue weighted by molar-refractivity contribution is 9.10. The van der Waals surface area contributed by atoms with Crippen molar-refractivity contribution in [3.8, 4) is 0 Å². The molecule has 1 aliphatic rings. The fourth-order valence-electron chi connectivity index (χ4n) is 3.99. The predicted octanol–water partition coefficient (Wildman–Crippen LogP) is 5.35. The minimum atomic E-state index is -0.253. The molecule has 0 aliphatic carbocycles. The summed E-state index contributed by atoms with van der Waals surface area (Å²) in [7, 11) is 0. The van der Waals surface area contributed by atoms with Gasteiger partial charge in [0, 0.05) is 53.2 Å². The molecule has 2 amide bonds. The number of aromatic nitrogens is 1. The fourth-order valence-corrected chi connectivity index (χ4v) is 5.12. The molecular weight excluding hydrogens is 498 g/mol. The number of nitrogens with one attached hydrogen (secondary N) is 3. The number of benzene rings is 2. The fraction of sp³-hybridized carbons (Fsp3) is 0.360. The monoisotopic (exact) mass is 527 g/mol. The largest absolute Gasteiger partial charge is 0.366 e. The standard InChI is InChI=1S/C25H30BrN5OS/c1-17-14-27-12-13-31(17)21-10-4-18(5-11-21)15-28-23(32)30-24-29-22(16-33-24)25(2,3)19-6-8-20(26)9-7-19/h4-11,16-17,27H,12-15H2,1-3H3,(H2,28,29,30,32). The summed E-state index contributed by atoms with van der Waals surface area (Å²) in [5, 5.41) is 11.8. The third-order valence-electron chi connectivity index (χ3n) is 6.15. The summed E-state index contributed by atoms with van der Waals surface area (Å²) in [5.74, 6) is 0. The SMILES string of the molecule is CC1CNCCN1c1ccc(CNC(=O)Nc2nc(C(C)(C)c3ccc(Br)cc3)cs2)cc1. The van der Waals surface area contributed by atoms with Gasteiger partial charge in [-0.05, 0) is 42.3 Å². The van der Waals surface area contributed by atoms with E-state index < -0.39 is 0 Å². The van der Waals surface area contributed by atoms with Gasteiger partial charge in [-0.3, -0.25) is 5.32 Å². The molecule has 0 radical (unpaired) electrons. The van der Waals surface area contributed by atoms with Crippen molar-refractivity contribution < 1.29 is 4.79 Å². The van der Waals surface area contributed by atoms with Crippen molar-refractivity contribution in [2.24, 2.45) is 0 Å². The Kier molecular flexibility index (Phi) is 7.36. The Bertz CT molecular complexity index is 1080. The van der Waals surface area contributed by atoms with Crippen LogP contribution < -0.4 is 20.9 Å². The van der Waals surface area contributed by atoms with Gasteiger partial charge in [-0.1, -0.05) is 54.0 Å². The molecule has 6 nitrogen and oxygen atoms in total. The number of nitrogens with zero attached hydrogens (tertiary/aromatic N) is 2. The van der Waals surface area contributed by atoms with Gasteiger partial charge in [0.15, 0.2) is 5.13 Å². The van der Waals surface area contributed by atoms with E-state index in [1.807, 2.05) is 17.5 Å². The molecule has 3 N–H and O–H groups in total. The van der Waals surface area contributed by atoms with E-state index in [-0.39, 0.29) is 11.4 Å². The lowest BCUT2D eigenvalue weighted by molar-refractivity contribution is 0.251. The Morgan fingerprint density at radius 1 is 1.21 bits per heavy atom. The summed E-state index contributed by atoms with van der Waals surface area (Å²) in [6.07, 6.45) is 0. The van der Waals surface area contributed by atoms with Crippen LogP contribution in [0.25, 0.3) is 0 Å². The van der Waals surface area contributed by atoms with Gasteiger partial charge in [-0.25, -0.2) is 9.78 Å². The Hall–Kier alpha value is -2.42. The molecule has 0 saturated carbocycles. The second kappa shape index (κ2) is 10.2. The molecule has 33 heavy (non-hydrogen) atoms. The van der Waals surface area contributed by atoms with Crippen molar-refractivity contribution in [3.05, 3.63) is 75.2 Å². The highest BCUT2D eigenvalue weighted by Gasteiger charge is 2.26. The van der Waals surface area contributed by atoms with Crippen molar-refractivity contribution in [2.75, 3.05) is 29.9 Å². The van der Waals surface area contributed by atoms with Crippen molar-refractivity contribution in [1.82, 2.24) is 15.6 Å². The zero-order valence-corrected chi connectivity index (χ0v) is 21.6. The van der Waals surface area contributed by atoms with Crippen LogP contribution in [-0.4, -0.2) is 36.7 Å². The van der Waals surface area contributed by atoms with Crippen LogP contribution >= 0.6 is 27.3 Å². The van der Waals surface area contributed by atoms with Crippen LogP contribution in [0.2, 0.25) is 0 Å². The summed E-state index contributed by atoms with van der Waals surface area (Å²) in [6, 6.07) is 16.9. The van der Waals surface area contributed by atoms with E-state index in [9.17, 15) is 4.79 Å². The molecule has 1 aromatic heterocycles. The molecule has 1 atom stereocenters. The highest BCUT2D eigenvalue weighted by Crippen LogP contribution is 2.34. The van der Waals surface area contributed by atoms with E-state index in [1.54, 1.807) is 0 Å². The average molecular weight is 529 g/mol. The smallest absolute Gasteiger partial charge is 0.321 e. The molecule has 1 unspecified atom stereocenters. The number of thiazole rings is 1. The first kappa shape index (κ1) is 23.7. The van der Waals surface area contributed by atoms with Crippen LogP contribution in [0.4, 0.5) is 15.6 Å². The molecular formula is C25H30BrN5OS. The Labute approximate surface area is 207 Å². The van der Waals surface area contributed by atoms with Gasteiger partial charge in [0.1, 0.15) is 0 Å². The van der Waals surface area contributed by atoms with Crippen molar-refractivity contribution in [3.63, 3.8) is 0 Å². The molecule has 0 bridgehead atoms. The van der Waals surface area contributed by atoms with Crippen molar-refractivity contribution in [2.45, 2.75) is 38.8 Å². The van der Waals surface area contributed by atoms with E-state index in [2.05, 4.69) is 98.9 Å². The molecule has 2 aromatic carbocycles. The van der Waals surface area contributed by atoms with Gasteiger partial charge in [0.05, 0.1) is 5.69 Å². The van der Waals surface area contributed by atoms with E-state index in [4.69, 9.17) is 0 Å². The van der Waals surface area contributed by atoms with Crippen molar-refractivity contribution >= 4 is 44.1 Å². The summed E-state index contributed by atoms with van der Waals surface area (Å²) in [5.41, 5.74) is 4.14. The van der Waals surface area contributed by atoms with E-state index in [1.165, 1.54) is 22.6 Å². The molecule has 1 saturated heterocycles. The number of rotatable bonds is 6. The van der Waals surface area contributed by atoms with Crippen LogP contribution in [-0.2, 0) is 12.0 Å². The Morgan fingerprint density at radius 3 is 2.64 bits per heavy atom. The second-order valence-electron chi connectivity index (χ2n) is 8.89. The lowest BCUT2D eigenvalue weighted by atomic mass is 9.82. The van der Waals surface area contributed by atoms with Crippen LogP contribution in [0.15, 0.2) is 58.4 Å². The number of anilines is 2. The maximum atomic E-state index is 12.4. The third-order valence-corrected chi connectivity index (χ3v) is 7.44. The molecule has 3 aromatic rings. The Balaban J connectivity index is 1.31. The second-order valence-corrected chi connectivity index (χ2v) is 10.7. The van der Waals surface area contributed by atoms with E-state index >= 15 is 0 Å². The summed E-state index contributed by atoms with van der Waals surface area (Å²) in [4.78, 5) is 19.5. The average Bonchev–Trinajstić information content (AvgIpc) is 3.28. The number of carbonyl (C=O) groups excluding carboxylic acids is 1. The summed E-state index contributed by atoms with van der Waals surface area (Å²) < 4.78 is 1.05. The number of urea groups is 1. The zero-order valence-electron chi connectivity index (χ0n) is 19.2. The first-order valence-electron chi connectivity index (χ1n) is 11.2.